The van der Waals surface area contributed by atoms with E-state index < -0.39 is 17.9 Å². The highest BCUT2D eigenvalue weighted by molar-refractivity contribution is 5.87. The summed E-state index contributed by atoms with van der Waals surface area (Å²) in [6.45, 7) is 0.572. The zero-order chi connectivity index (χ0) is 13.5. The fourth-order valence-corrected chi connectivity index (χ4v) is 1.47. The van der Waals surface area contributed by atoms with Crippen molar-refractivity contribution in [2.45, 2.75) is 12.6 Å². The van der Waals surface area contributed by atoms with Crippen LogP contribution in [0.5, 0.6) is 0 Å². The van der Waals surface area contributed by atoms with Gasteiger partial charge in [-0.05, 0) is 18.2 Å². The van der Waals surface area contributed by atoms with E-state index in [-0.39, 0.29) is 30.8 Å². The molecule has 100 valence electrons. The van der Waals surface area contributed by atoms with Gasteiger partial charge >= 0.3 is 5.97 Å². The van der Waals surface area contributed by atoms with Gasteiger partial charge in [-0.2, -0.15) is 0 Å². The Morgan fingerprint density at radius 3 is 2.89 bits per heavy atom. The van der Waals surface area contributed by atoms with Crippen molar-refractivity contribution >= 4 is 5.97 Å². The molecule has 0 saturated carbocycles. The molecular formula is C12H16FNO4. The number of halogens is 1. The largest absolute Gasteiger partial charge is 0.478 e. The van der Waals surface area contributed by atoms with E-state index in [1.165, 1.54) is 19.2 Å². The number of methoxy groups -OCH3 is 1. The SMILES string of the molecule is COCC(O)CNCc1cc(C(=O)O)ccc1F. The van der Waals surface area contributed by atoms with E-state index in [1.807, 2.05) is 0 Å². The van der Waals surface area contributed by atoms with Gasteiger partial charge in [-0.15, -0.1) is 0 Å². The van der Waals surface area contributed by atoms with Crippen LogP contribution in [0.2, 0.25) is 0 Å². The van der Waals surface area contributed by atoms with Gasteiger partial charge in [0.2, 0.25) is 0 Å². The van der Waals surface area contributed by atoms with Crippen molar-refractivity contribution < 1.29 is 24.1 Å². The van der Waals surface area contributed by atoms with Crippen molar-refractivity contribution in [1.82, 2.24) is 5.32 Å². The van der Waals surface area contributed by atoms with Gasteiger partial charge in [0.05, 0.1) is 18.3 Å². The van der Waals surface area contributed by atoms with E-state index >= 15 is 0 Å². The first kappa shape index (κ1) is 14.6. The molecule has 18 heavy (non-hydrogen) atoms. The van der Waals surface area contributed by atoms with Crippen LogP contribution in [0.3, 0.4) is 0 Å². The van der Waals surface area contributed by atoms with Crippen molar-refractivity contribution in [3.63, 3.8) is 0 Å². The third kappa shape index (κ3) is 4.40. The zero-order valence-electron chi connectivity index (χ0n) is 10.0. The average Bonchev–Trinajstić information content (AvgIpc) is 2.31. The highest BCUT2D eigenvalue weighted by Crippen LogP contribution is 2.10. The van der Waals surface area contributed by atoms with Crippen LogP contribution in [0, 0.1) is 5.82 Å². The lowest BCUT2D eigenvalue weighted by Gasteiger charge is -2.11. The van der Waals surface area contributed by atoms with Gasteiger partial charge in [0, 0.05) is 25.8 Å². The van der Waals surface area contributed by atoms with Crippen molar-refractivity contribution in [2.75, 3.05) is 20.3 Å². The summed E-state index contributed by atoms with van der Waals surface area (Å²) >= 11 is 0. The van der Waals surface area contributed by atoms with Crippen LogP contribution >= 0.6 is 0 Å². The quantitative estimate of drug-likeness (QED) is 0.667. The fourth-order valence-electron chi connectivity index (χ4n) is 1.47. The van der Waals surface area contributed by atoms with Crippen LogP contribution in [0.1, 0.15) is 15.9 Å². The summed E-state index contributed by atoms with van der Waals surface area (Å²) in [6, 6.07) is 3.60. The molecule has 0 aliphatic rings. The van der Waals surface area contributed by atoms with Crippen molar-refractivity contribution in [2.24, 2.45) is 0 Å². The summed E-state index contributed by atoms with van der Waals surface area (Å²) in [5, 5.41) is 21.0. The third-order valence-electron chi connectivity index (χ3n) is 2.35. The Morgan fingerprint density at radius 1 is 1.56 bits per heavy atom. The van der Waals surface area contributed by atoms with Crippen LogP contribution in [0.25, 0.3) is 0 Å². The fraction of sp³-hybridized carbons (Fsp3) is 0.417. The van der Waals surface area contributed by atoms with Gasteiger partial charge in [-0.1, -0.05) is 0 Å². The van der Waals surface area contributed by atoms with E-state index in [1.54, 1.807) is 0 Å². The monoisotopic (exact) mass is 257 g/mol. The standard InChI is InChI=1S/C12H16FNO4/c1-18-7-10(15)6-14-5-9-4-8(12(16)17)2-3-11(9)13/h2-4,10,14-15H,5-7H2,1H3,(H,16,17). The maximum Gasteiger partial charge on any atom is 0.335 e. The molecule has 5 nitrogen and oxygen atoms in total. The lowest BCUT2D eigenvalue weighted by Crippen LogP contribution is -2.30. The number of carbonyl (C=O) groups is 1. The molecule has 0 bridgehead atoms. The number of aliphatic hydroxyl groups is 1. The Kier molecular flexibility index (Phi) is 5.70. The molecule has 1 aromatic carbocycles. The maximum atomic E-state index is 13.4. The van der Waals surface area contributed by atoms with Gasteiger partial charge < -0.3 is 20.3 Å². The summed E-state index contributed by atoms with van der Waals surface area (Å²) in [4.78, 5) is 10.7. The molecule has 1 aromatic rings. The number of ether oxygens (including phenoxy) is 1. The molecule has 0 spiro atoms. The molecule has 0 aromatic heterocycles. The molecule has 0 aliphatic heterocycles. The number of hydrogen-bond donors (Lipinski definition) is 3. The molecule has 0 radical (unpaired) electrons. The van der Waals surface area contributed by atoms with Gasteiger partial charge in [0.15, 0.2) is 0 Å². The Morgan fingerprint density at radius 2 is 2.28 bits per heavy atom. The topological polar surface area (TPSA) is 78.8 Å². The first-order valence-electron chi connectivity index (χ1n) is 5.44. The lowest BCUT2D eigenvalue weighted by molar-refractivity contribution is 0.0643. The van der Waals surface area contributed by atoms with E-state index in [0.29, 0.717) is 0 Å². The van der Waals surface area contributed by atoms with Gasteiger partial charge in [0.1, 0.15) is 5.82 Å². The molecule has 0 aliphatic carbocycles. The second-order valence-corrected chi connectivity index (χ2v) is 3.85. The number of benzene rings is 1. The van der Waals surface area contributed by atoms with Crippen molar-refractivity contribution in [3.8, 4) is 0 Å². The smallest absolute Gasteiger partial charge is 0.335 e. The van der Waals surface area contributed by atoms with Crippen LogP contribution < -0.4 is 5.32 Å². The number of nitrogens with one attached hydrogen (secondary N) is 1. The average molecular weight is 257 g/mol. The first-order chi connectivity index (χ1) is 8.54. The van der Waals surface area contributed by atoms with Gasteiger partial charge in [0.25, 0.3) is 0 Å². The number of carboxylic acids is 1. The molecule has 1 unspecified atom stereocenters. The Hall–Kier alpha value is -1.50. The van der Waals surface area contributed by atoms with Crippen molar-refractivity contribution in [1.29, 1.82) is 0 Å². The predicted molar refractivity (Wildman–Crippen MR) is 62.9 cm³/mol. The minimum atomic E-state index is -1.10. The van der Waals surface area contributed by atoms with E-state index in [4.69, 9.17) is 9.84 Å². The number of hydrogen-bond acceptors (Lipinski definition) is 4. The summed E-state index contributed by atoms with van der Waals surface area (Å²) in [6.07, 6.45) is -0.680. The number of rotatable bonds is 7. The summed E-state index contributed by atoms with van der Waals surface area (Å²) in [5.41, 5.74) is 0.283. The highest BCUT2D eigenvalue weighted by Gasteiger charge is 2.09. The van der Waals surface area contributed by atoms with Gasteiger partial charge in [-0.25, -0.2) is 9.18 Å². The summed E-state index contributed by atoms with van der Waals surface area (Å²) in [5.74, 6) is -1.58. The Bertz CT molecular complexity index is 411. The minimum absolute atomic E-state index is 0.0330. The lowest BCUT2D eigenvalue weighted by atomic mass is 10.1. The Balaban J connectivity index is 2.56. The highest BCUT2D eigenvalue weighted by atomic mass is 19.1. The molecule has 1 rings (SSSR count). The molecule has 6 heteroatoms. The molecule has 0 heterocycles. The van der Waals surface area contributed by atoms with E-state index in [0.717, 1.165) is 6.07 Å². The van der Waals surface area contributed by atoms with E-state index in [9.17, 15) is 14.3 Å². The second kappa shape index (κ2) is 7.05. The summed E-state index contributed by atoms with van der Waals surface area (Å²) in [7, 11) is 1.47. The maximum absolute atomic E-state index is 13.4. The molecule has 0 fully saturated rings. The second-order valence-electron chi connectivity index (χ2n) is 3.85. The molecule has 1 atom stereocenters. The van der Waals surface area contributed by atoms with Gasteiger partial charge in [-0.3, -0.25) is 0 Å². The first-order valence-corrected chi connectivity index (χ1v) is 5.44. The molecule has 3 N–H and O–H groups in total. The molecule has 0 saturated heterocycles. The van der Waals surface area contributed by atoms with Crippen molar-refractivity contribution in [3.05, 3.63) is 35.1 Å². The van der Waals surface area contributed by atoms with Crippen LogP contribution in [-0.2, 0) is 11.3 Å². The molecular weight excluding hydrogens is 241 g/mol. The Labute approximate surface area is 104 Å². The predicted octanol–water partition coefficient (Wildman–Crippen LogP) is 0.621. The number of aromatic carboxylic acids is 1. The van der Waals surface area contributed by atoms with Crippen LogP contribution in [0.15, 0.2) is 18.2 Å². The summed E-state index contributed by atoms with van der Waals surface area (Å²) < 4.78 is 18.1. The number of aliphatic hydroxyl groups excluding tert-OH is 1. The zero-order valence-corrected chi connectivity index (χ0v) is 10.0. The van der Waals surface area contributed by atoms with Crippen LogP contribution in [-0.4, -0.2) is 42.5 Å². The van der Waals surface area contributed by atoms with Crippen LogP contribution in [0.4, 0.5) is 4.39 Å². The normalized spacial score (nSPS) is 12.4. The minimum Gasteiger partial charge on any atom is -0.478 e. The van der Waals surface area contributed by atoms with E-state index in [2.05, 4.69) is 5.32 Å². The number of carboxylic acid groups (broad SMARTS) is 1. The third-order valence-corrected chi connectivity index (χ3v) is 2.35. The molecule has 0 amide bonds.